The van der Waals surface area contributed by atoms with Gasteiger partial charge in [-0.3, -0.25) is 14.2 Å². The van der Waals surface area contributed by atoms with Crippen molar-refractivity contribution in [1.29, 1.82) is 0 Å². The molecule has 1 aromatic rings. The van der Waals surface area contributed by atoms with Gasteiger partial charge in [-0.05, 0) is 6.07 Å². The van der Waals surface area contributed by atoms with Crippen molar-refractivity contribution in [3.63, 3.8) is 0 Å². The normalized spacial score (nSPS) is 26.7. The van der Waals surface area contributed by atoms with Crippen molar-refractivity contribution in [1.82, 2.24) is 9.55 Å². The van der Waals surface area contributed by atoms with Crippen LogP contribution in [0.4, 0.5) is 10.2 Å². The molecule has 0 aliphatic carbocycles. The van der Waals surface area contributed by atoms with E-state index >= 15 is 4.39 Å². The SMILES string of the molecule is CC(C)C(=O)OC[C@@]1(CCl)OC(n2ccc(N)nc2=O)[C@H](F)[C@@H]1OC(=O)C(C)C. The number of nitrogens with zero attached hydrogens (tertiary/aromatic N) is 2. The van der Waals surface area contributed by atoms with Crippen LogP contribution in [0.2, 0.25) is 0 Å². The van der Waals surface area contributed by atoms with Gasteiger partial charge in [-0.15, -0.1) is 11.6 Å². The van der Waals surface area contributed by atoms with E-state index in [-0.39, 0.29) is 11.7 Å². The lowest BCUT2D eigenvalue weighted by Crippen LogP contribution is -2.51. The molecule has 162 valence electrons. The summed E-state index contributed by atoms with van der Waals surface area (Å²) in [5.41, 5.74) is 2.93. The summed E-state index contributed by atoms with van der Waals surface area (Å²) < 4.78 is 32.6. The number of esters is 2. The van der Waals surface area contributed by atoms with Crippen molar-refractivity contribution in [2.75, 3.05) is 18.2 Å². The molecular weight excluding hydrogens is 409 g/mol. The minimum Gasteiger partial charge on any atom is -0.462 e. The van der Waals surface area contributed by atoms with Crippen molar-refractivity contribution < 1.29 is 28.2 Å². The predicted molar refractivity (Wildman–Crippen MR) is 102 cm³/mol. The number of nitrogen functional groups attached to an aromatic ring is 1. The van der Waals surface area contributed by atoms with E-state index in [4.69, 9.17) is 31.5 Å². The highest BCUT2D eigenvalue weighted by Crippen LogP contribution is 2.42. The van der Waals surface area contributed by atoms with Crippen LogP contribution in [0.25, 0.3) is 0 Å². The first-order chi connectivity index (χ1) is 13.5. The van der Waals surface area contributed by atoms with Crippen LogP contribution in [0, 0.1) is 11.8 Å². The number of aromatic nitrogens is 2. The first-order valence-electron chi connectivity index (χ1n) is 9.12. The molecule has 9 nitrogen and oxygen atoms in total. The minimum atomic E-state index is -1.97. The Hall–Kier alpha value is -2.20. The second kappa shape index (κ2) is 9.08. The number of alkyl halides is 2. The Morgan fingerprint density at radius 1 is 1.34 bits per heavy atom. The molecule has 0 saturated carbocycles. The van der Waals surface area contributed by atoms with E-state index < -0.39 is 60.2 Å². The van der Waals surface area contributed by atoms with Gasteiger partial charge in [0.1, 0.15) is 12.4 Å². The molecule has 1 saturated heterocycles. The van der Waals surface area contributed by atoms with E-state index in [1.165, 1.54) is 12.3 Å². The molecule has 2 N–H and O–H groups in total. The third-order valence-corrected chi connectivity index (χ3v) is 4.88. The van der Waals surface area contributed by atoms with Crippen LogP contribution in [0.3, 0.4) is 0 Å². The van der Waals surface area contributed by atoms with E-state index in [2.05, 4.69) is 4.98 Å². The van der Waals surface area contributed by atoms with E-state index in [9.17, 15) is 14.4 Å². The molecule has 1 aliphatic rings. The maximum atomic E-state index is 15.4. The highest BCUT2D eigenvalue weighted by atomic mass is 35.5. The number of carbonyl (C=O) groups is 2. The summed E-state index contributed by atoms with van der Waals surface area (Å²) >= 11 is 6.07. The molecule has 0 amide bonds. The summed E-state index contributed by atoms with van der Waals surface area (Å²) in [7, 11) is 0. The standard InChI is InChI=1S/C18H25ClFN3O6/c1-9(2)15(24)27-8-18(7-19)13(28-16(25)10(3)4)12(20)14(29-18)23-6-5-11(21)22-17(23)26/h5-6,9-10,12-14H,7-8H2,1-4H3,(H2,21,22,26)/t12-,13+,14?,18-/m1/s1. The van der Waals surface area contributed by atoms with Gasteiger partial charge in [-0.1, -0.05) is 27.7 Å². The van der Waals surface area contributed by atoms with E-state index in [1.54, 1.807) is 27.7 Å². The van der Waals surface area contributed by atoms with Crippen LogP contribution in [0.15, 0.2) is 17.1 Å². The third-order valence-electron chi connectivity index (χ3n) is 4.43. The van der Waals surface area contributed by atoms with Crippen molar-refractivity contribution >= 4 is 29.4 Å². The Bertz CT molecular complexity index is 817. The molecule has 2 heterocycles. The zero-order valence-corrected chi connectivity index (χ0v) is 17.4. The molecule has 0 spiro atoms. The van der Waals surface area contributed by atoms with Gasteiger partial charge < -0.3 is 19.9 Å². The van der Waals surface area contributed by atoms with Gasteiger partial charge in [0.25, 0.3) is 0 Å². The van der Waals surface area contributed by atoms with E-state index in [0.29, 0.717) is 0 Å². The van der Waals surface area contributed by atoms with Crippen molar-refractivity contribution in [3.05, 3.63) is 22.7 Å². The quantitative estimate of drug-likeness (QED) is 0.506. The number of hydrogen-bond acceptors (Lipinski definition) is 8. The zero-order valence-electron chi connectivity index (χ0n) is 16.6. The molecule has 29 heavy (non-hydrogen) atoms. The van der Waals surface area contributed by atoms with Crippen LogP contribution in [0.1, 0.15) is 33.9 Å². The van der Waals surface area contributed by atoms with Gasteiger partial charge in [0.05, 0.1) is 17.7 Å². The van der Waals surface area contributed by atoms with Crippen LogP contribution in [-0.2, 0) is 23.8 Å². The molecule has 1 fully saturated rings. The number of carbonyl (C=O) groups excluding carboxylic acids is 2. The average molecular weight is 434 g/mol. The Balaban J connectivity index is 2.42. The summed E-state index contributed by atoms with van der Waals surface area (Å²) in [6.45, 7) is 5.96. The minimum absolute atomic E-state index is 0.0445. The highest BCUT2D eigenvalue weighted by Gasteiger charge is 2.59. The second-order valence-corrected chi connectivity index (χ2v) is 7.74. The zero-order chi connectivity index (χ0) is 21.9. The molecule has 4 atom stereocenters. The van der Waals surface area contributed by atoms with Gasteiger partial charge in [0, 0.05) is 6.20 Å². The number of rotatable bonds is 7. The summed E-state index contributed by atoms with van der Waals surface area (Å²) in [6, 6.07) is 1.30. The maximum Gasteiger partial charge on any atom is 0.351 e. The molecule has 0 bridgehead atoms. The molecule has 2 rings (SSSR count). The molecule has 11 heteroatoms. The summed E-state index contributed by atoms with van der Waals surface area (Å²) in [5.74, 6) is -2.64. The maximum absolute atomic E-state index is 15.4. The van der Waals surface area contributed by atoms with Crippen LogP contribution in [-0.4, -0.2) is 51.9 Å². The van der Waals surface area contributed by atoms with Crippen molar-refractivity contribution in [2.24, 2.45) is 11.8 Å². The molecule has 0 aromatic carbocycles. The topological polar surface area (TPSA) is 123 Å². The van der Waals surface area contributed by atoms with Gasteiger partial charge >= 0.3 is 17.6 Å². The largest absolute Gasteiger partial charge is 0.462 e. The highest BCUT2D eigenvalue weighted by molar-refractivity contribution is 6.18. The Morgan fingerprint density at radius 2 is 1.97 bits per heavy atom. The molecular formula is C18H25ClFN3O6. The monoisotopic (exact) mass is 433 g/mol. The summed E-state index contributed by atoms with van der Waals surface area (Å²) in [6.07, 6.45) is -3.77. The predicted octanol–water partition coefficient (Wildman–Crippen LogP) is 1.44. The Morgan fingerprint density at radius 3 is 2.48 bits per heavy atom. The summed E-state index contributed by atoms with van der Waals surface area (Å²) in [5, 5.41) is 0. The molecule has 1 aromatic heterocycles. The molecule has 1 unspecified atom stereocenters. The van der Waals surface area contributed by atoms with Crippen LogP contribution >= 0.6 is 11.6 Å². The third kappa shape index (κ3) is 4.87. The van der Waals surface area contributed by atoms with Crippen LogP contribution in [0.5, 0.6) is 0 Å². The van der Waals surface area contributed by atoms with Crippen LogP contribution < -0.4 is 11.4 Å². The smallest absolute Gasteiger partial charge is 0.351 e. The Kier molecular flexibility index (Phi) is 7.23. The van der Waals surface area contributed by atoms with E-state index in [1.807, 2.05) is 0 Å². The number of halogens is 2. The van der Waals surface area contributed by atoms with Crippen molar-refractivity contribution in [3.8, 4) is 0 Å². The van der Waals surface area contributed by atoms with Gasteiger partial charge in [0.15, 0.2) is 24.1 Å². The lowest BCUT2D eigenvalue weighted by Gasteiger charge is -2.32. The lowest BCUT2D eigenvalue weighted by molar-refractivity contribution is -0.177. The van der Waals surface area contributed by atoms with Gasteiger partial charge in [-0.2, -0.15) is 4.98 Å². The second-order valence-electron chi connectivity index (χ2n) is 7.47. The lowest BCUT2D eigenvalue weighted by atomic mass is 9.98. The fraction of sp³-hybridized carbons (Fsp3) is 0.667. The summed E-state index contributed by atoms with van der Waals surface area (Å²) in [4.78, 5) is 39.8. The Labute approximate surface area is 172 Å². The van der Waals surface area contributed by atoms with Gasteiger partial charge in [-0.25, -0.2) is 9.18 Å². The number of ether oxygens (including phenoxy) is 3. The molecule has 1 aliphatic heterocycles. The number of anilines is 1. The number of nitrogens with two attached hydrogens (primary N) is 1. The average Bonchev–Trinajstić information content (AvgIpc) is 2.92. The number of hydrogen-bond donors (Lipinski definition) is 1. The molecule has 0 radical (unpaired) electrons. The first kappa shape index (κ1) is 23.1. The van der Waals surface area contributed by atoms with Gasteiger partial charge in [0.2, 0.25) is 0 Å². The van der Waals surface area contributed by atoms with E-state index in [0.717, 1.165) is 4.57 Å². The fourth-order valence-electron chi connectivity index (χ4n) is 2.70. The fourth-order valence-corrected chi connectivity index (χ4v) is 2.99. The first-order valence-corrected chi connectivity index (χ1v) is 9.65. The van der Waals surface area contributed by atoms with Crippen molar-refractivity contribution in [2.45, 2.75) is 51.8 Å².